The van der Waals surface area contributed by atoms with Gasteiger partial charge in [0.05, 0.1) is 6.10 Å². The highest BCUT2D eigenvalue weighted by atomic mass is 16.3. The van der Waals surface area contributed by atoms with Gasteiger partial charge >= 0.3 is 0 Å². The molecule has 0 unspecified atom stereocenters. The summed E-state index contributed by atoms with van der Waals surface area (Å²) in [5.41, 5.74) is 0.561. The van der Waals surface area contributed by atoms with Crippen LogP contribution in [0.4, 0.5) is 0 Å². The van der Waals surface area contributed by atoms with Gasteiger partial charge in [-0.2, -0.15) is 5.10 Å². The smallest absolute Gasteiger partial charge is 0.269 e. The number of aliphatic hydroxyl groups is 1. The number of carbonyl (C=O) groups excluding carboxylic acids is 1. The van der Waals surface area contributed by atoms with Crippen molar-refractivity contribution in [1.82, 2.24) is 29.9 Å². The summed E-state index contributed by atoms with van der Waals surface area (Å²) in [5, 5.41) is 25.6. The third-order valence-corrected chi connectivity index (χ3v) is 4.78. The van der Waals surface area contributed by atoms with E-state index in [4.69, 9.17) is 0 Å². The van der Waals surface area contributed by atoms with Crippen LogP contribution in [0.2, 0.25) is 0 Å². The van der Waals surface area contributed by atoms with Gasteiger partial charge in [-0.25, -0.2) is 0 Å². The first-order valence-electron chi connectivity index (χ1n) is 8.77. The number of aromatic nitrogens is 5. The first kappa shape index (κ1) is 17.6. The minimum atomic E-state index is -0.442. The molecule has 0 radical (unpaired) electrons. The summed E-state index contributed by atoms with van der Waals surface area (Å²) in [5.74, 6) is 1.36. The van der Waals surface area contributed by atoms with Gasteiger partial charge in [0.15, 0.2) is 0 Å². The van der Waals surface area contributed by atoms with Gasteiger partial charge in [0.1, 0.15) is 17.8 Å². The molecule has 1 fully saturated rings. The maximum atomic E-state index is 12.5. The lowest BCUT2D eigenvalue weighted by Crippen LogP contribution is -2.33. The van der Waals surface area contributed by atoms with Crippen LogP contribution in [0.3, 0.4) is 0 Å². The van der Waals surface area contributed by atoms with Crippen molar-refractivity contribution in [3.05, 3.63) is 30.1 Å². The highest BCUT2D eigenvalue weighted by molar-refractivity contribution is 5.92. The summed E-state index contributed by atoms with van der Waals surface area (Å²) in [6.07, 6.45) is 4.32. The average Bonchev–Trinajstić information content (AvgIpc) is 3.25. The Balaban J connectivity index is 1.58. The summed E-state index contributed by atoms with van der Waals surface area (Å²) < 4.78 is 3.62. The summed E-state index contributed by atoms with van der Waals surface area (Å²) in [4.78, 5) is 12.5. The minimum Gasteiger partial charge on any atom is -0.393 e. The van der Waals surface area contributed by atoms with Gasteiger partial charge in [0.25, 0.3) is 5.91 Å². The Morgan fingerprint density at radius 3 is 2.92 bits per heavy atom. The number of aliphatic hydroxyl groups excluding tert-OH is 1. The lowest BCUT2D eigenvalue weighted by Gasteiger charge is -2.16. The maximum absolute atomic E-state index is 12.5. The van der Waals surface area contributed by atoms with Gasteiger partial charge in [-0.05, 0) is 24.8 Å². The zero-order valence-corrected chi connectivity index (χ0v) is 15.0. The number of carbonyl (C=O) groups is 1. The van der Waals surface area contributed by atoms with Crippen LogP contribution in [0, 0.1) is 11.8 Å². The van der Waals surface area contributed by atoms with E-state index in [0.29, 0.717) is 31.1 Å². The van der Waals surface area contributed by atoms with E-state index < -0.39 is 6.10 Å². The van der Waals surface area contributed by atoms with Crippen LogP contribution in [-0.4, -0.2) is 48.2 Å². The van der Waals surface area contributed by atoms with Gasteiger partial charge in [0.2, 0.25) is 0 Å². The van der Waals surface area contributed by atoms with E-state index in [1.807, 2.05) is 11.6 Å². The van der Waals surface area contributed by atoms with Crippen LogP contribution in [0.1, 0.15) is 48.9 Å². The lowest BCUT2D eigenvalue weighted by molar-refractivity contribution is 0.0905. The number of hydrogen-bond acceptors (Lipinski definition) is 5. The van der Waals surface area contributed by atoms with E-state index in [1.54, 1.807) is 23.3 Å². The molecular formula is C17H26N6O2. The summed E-state index contributed by atoms with van der Waals surface area (Å²) in [6, 6.07) is 1.73. The van der Waals surface area contributed by atoms with Crippen LogP contribution in [0.5, 0.6) is 0 Å². The van der Waals surface area contributed by atoms with E-state index in [2.05, 4.69) is 34.5 Å². The quantitative estimate of drug-likeness (QED) is 0.812. The highest BCUT2D eigenvalue weighted by Crippen LogP contribution is 2.37. The number of nitrogens with one attached hydrogen (secondary N) is 1. The van der Waals surface area contributed by atoms with Gasteiger partial charge in [-0.1, -0.05) is 13.8 Å². The molecule has 8 nitrogen and oxygen atoms in total. The number of hydrogen-bond donors (Lipinski definition) is 2. The molecule has 0 aliphatic heterocycles. The molecule has 2 N–H and O–H groups in total. The van der Waals surface area contributed by atoms with Crippen molar-refractivity contribution in [2.24, 2.45) is 18.9 Å². The number of rotatable bonds is 6. The van der Waals surface area contributed by atoms with Crippen LogP contribution < -0.4 is 5.32 Å². The molecular weight excluding hydrogens is 320 g/mol. The molecule has 0 spiro atoms. The molecule has 1 saturated carbocycles. The normalized spacial score (nSPS) is 23.3. The Hall–Kier alpha value is -2.22. The third-order valence-electron chi connectivity index (χ3n) is 4.78. The molecule has 1 aliphatic carbocycles. The highest BCUT2D eigenvalue weighted by Gasteiger charge is 2.36. The summed E-state index contributed by atoms with van der Waals surface area (Å²) in [6.45, 7) is 5.33. The molecule has 8 heteroatoms. The second kappa shape index (κ2) is 7.35. The molecule has 1 amide bonds. The Labute approximate surface area is 147 Å². The van der Waals surface area contributed by atoms with E-state index in [1.165, 1.54) is 0 Å². The Morgan fingerprint density at radius 1 is 1.44 bits per heavy atom. The largest absolute Gasteiger partial charge is 0.393 e. The molecule has 3 rings (SSSR count). The van der Waals surface area contributed by atoms with Crippen LogP contribution in [0.25, 0.3) is 0 Å². The van der Waals surface area contributed by atoms with E-state index >= 15 is 0 Å². The van der Waals surface area contributed by atoms with E-state index in [9.17, 15) is 9.90 Å². The van der Waals surface area contributed by atoms with Crippen molar-refractivity contribution in [3.63, 3.8) is 0 Å². The van der Waals surface area contributed by atoms with Crippen molar-refractivity contribution < 1.29 is 9.90 Å². The number of amides is 1. The van der Waals surface area contributed by atoms with Crippen molar-refractivity contribution in [1.29, 1.82) is 0 Å². The van der Waals surface area contributed by atoms with Gasteiger partial charge in [-0.15, -0.1) is 10.2 Å². The molecule has 2 heterocycles. The third kappa shape index (κ3) is 3.89. The molecule has 2 aromatic heterocycles. The first-order valence-corrected chi connectivity index (χ1v) is 8.77. The molecule has 136 valence electrons. The first-order chi connectivity index (χ1) is 12.0. The number of nitrogens with zero attached hydrogens (tertiary/aromatic N) is 5. The lowest BCUT2D eigenvalue weighted by atomic mass is 10.0. The molecule has 25 heavy (non-hydrogen) atoms. The fourth-order valence-corrected chi connectivity index (χ4v) is 3.53. The van der Waals surface area contributed by atoms with Gasteiger partial charge in [0, 0.05) is 38.2 Å². The second-order valence-corrected chi connectivity index (χ2v) is 7.30. The van der Waals surface area contributed by atoms with E-state index in [-0.39, 0.29) is 17.7 Å². The van der Waals surface area contributed by atoms with Crippen molar-refractivity contribution >= 4 is 5.91 Å². The topological polar surface area (TPSA) is 97.9 Å². The fraction of sp³-hybridized carbons (Fsp3) is 0.647. The average molecular weight is 346 g/mol. The molecule has 0 aromatic carbocycles. The molecule has 3 atom stereocenters. The van der Waals surface area contributed by atoms with Crippen molar-refractivity contribution in [2.45, 2.75) is 45.3 Å². The standard InChI is InChI=1S/C17H26N6O2/c1-11(2)9-23-14(4-5-20-23)17(25)18-8-13-6-12(7-15(13)24)16-21-19-10-22(16)3/h4-5,10-13,15,24H,6-9H2,1-3H3,(H,18,25)/t12-,13+,15+/m0/s1. The molecule has 2 aromatic rings. The second-order valence-electron chi connectivity index (χ2n) is 7.30. The van der Waals surface area contributed by atoms with Gasteiger partial charge in [-0.3, -0.25) is 9.48 Å². The van der Waals surface area contributed by atoms with Crippen molar-refractivity contribution in [2.75, 3.05) is 6.54 Å². The van der Waals surface area contributed by atoms with Crippen LogP contribution in [-0.2, 0) is 13.6 Å². The molecule has 0 bridgehead atoms. The zero-order valence-electron chi connectivity index (χ0n) is 15.0. The Kier molecular flexibility index (Phi) is 5.17. The summed E-state index contributed by atoms with van der Waals surface area (Å²) in [7, 11) is 1.91. The zero-order chi connectivity index (χ0) is 18.0. The van der Waals surface area contributed by atoms with Crippen molar-refractivity contribution in [3.8, 4) is 0 Å². The minimum absolute atomic E-state index is 0.0205. The van der Waals surface area contributed by atoms with Crippen LogP contribution in [0.15, 0.2) is 18.6 Å². The predicted octanol–water partition coefficient (Wildman–Crippen LogP) is 0.952. The molecule has 0 saturated heterocycles. The van der Waals surface area contributed by atoms with Gasteiger partial charge < -0.3 is 15.0 Å². The Morgan fingerprint density at radius 2 is 2.24 bits per heavy atom. The maximum Gasteiger partial charge on any atom is 0.269 e. The van der Waals surface area contributed by atoms with E-state index in [0.717, 1.165) is 12.2 Å². The SMILES string of the molecule is CC(C)Cn1nccc1C(=O)NC[C@H]1C[C@H](c2nncn2C)C[C@H]1O. The number of aryl methyl sites for hydroxylation is 1. The fourth-order valence-electron chi connectivity index (χ4n) is 3.53. The Bertz CT molecular complexity index is 722. The van der Waals surface area contributed by atoms with Crippen LogP contribution >= 0.6 is 0 Å². The monoisotopic (exact) mass is 346 g/mol. The molecule has 1 aliphatic rings. The summed E-state index contributed by atoms with van der Waals surface area (Å²) >= 11 is 0. The predicted molar refractivity (Wildman–Crippen MR) is 91.9 cm³/mol.